The summed E-state index contributed by atoms with van der Waals surface area (Å²) in [6, 6.07) is 3.20. The molecule has 2 rings (SSSR count). The van der Waals surface area contributed by atoms with Crippen LogP contribution in [0.2, 0.25) is 5.02 Å². The second-order valence-corrected chi connectivity index (χ2v) is 7.55. The van der Waals surface area contributed by atoms with Crippen LogP contribution >= 0.6 is 11.6 Å². The normalized spacial score (nSPS) is 15.6. The van der Waals surface area contributed by atoms with E-state index >= 15 is 0 Å². The van der Waals surface area contributed by atoms with Crippen LogP contribution in [0.15, 0.2) is 17.0 Å². The van der Waals surface area contributed by atoms with Gasteiger partial charge in [-0.25, -0.2) is 13.1 Å². The second kappa shape index (κ2) is 6.43. The van der Waals surface area contributed by atoms with Crippen molar-refractivity contribution in [1.82, 2.24) is 4.72 Å². The van der Waals surface area contributed by atoms with E-state index in [1.54, 1.807) is 13.0 Å². The van der Waals surface area contributed by atoms with Crippen LogP contribution < -0.4 is 10.5 Å². The van der Waals surface area contributed by atoms with Gasteiger partial charge < -0.3 is 5.73 Å². The van der Waals surface area contributed by atoms with E-state index in [9.17, 15) is 8.42 Å². The zero-order valence-electron chi connectivity index (χ0n) is 11.7. The van der Waals surface area contributed by atoms with Gasteiger partial charge in [-0.3, -0.25) is 0 Å². The SMILES string of the molecule is Cc1c(CN)cc(Cl)cc1S(=O)(=O)NCCCC1CC1. The molecule has 0 amide bonds. The first-order chi connectivity index (χ1) is 9.44. The topological polar surface area (TPSA) is 72.2 Å². The molecule has 1 aromatic carbocycles. The van der Waals surface area contributed by atoms with Crippen LogP contribution in [-0.2, 0) is 16.6 Å². The number of hydrogen-bond acceptors (Lipinski definition) is 3. The Balaban J connectivity index is 2.09. The molecule has 0 aliphatic heterocycles. The number of benzene rings is 1. The van der Waals surface area contributed by atoms with Gasteiger partial charge in [-0.1, -0.05) is 24.4 Å². The molecule has 4 nitrogen and oxygen atoms in total. The highest BCUT2D eigenvalue weighted by molar-refractivity contribution is 7.89. The maximum Gasteiger partial charge on any atom is 0.240 e. The summed E-state index contributed by atoms with van der Waals surface area (Å²) < 4.78 is 27.3. The molecule has 1 fully saturated rings. The van der Waals surface area contributed by atoms with Crippen molar-refractivity contribution in [1.29, 1.82) is 0 Å². The van der Waals surface area contributed by atoms with Crippen LogP contribution in [0.1, 0.15) is 36.8 Å². The van der Waals surface area contributed by atoms with Gasteiger partial charge in [0, 0.05) is 18.1 Å². The molecule has 0 radical (unpaired) electrons. The number of rotatable bonds is 7. The fraction of sp³-hybridized carbons (Fsp3) is 0.571. The Morgan fingerprint density at radius 2 is 2.10 bits per heavy atom. The summed E-state index contributed by atoms with van der Waals surface area (Å²) in [6.07, 6.45) is 4.57. The quantitative estimate of drug-likeness (QED) is 0.759. The maximum atomic E-state index is 12.3. The molecule has 1 aromatic rings. The summed E-state index contributed by atoms with van der Waals surface area (Å²) >= 11 is 5.97. The Morgan fingerprint density at radius 3 is 2.70 bits per heavy atom. The van der Waals surface area contributed by atoms with Crippen molar-refractivity contribution >= 4 is 21.6 Å². The third kappa shape index (κ3) is 3.95. The van der Waals surface area contributed by atoms with E-state index in [0.29, 0.717) is 17.1 Å². The highest BCUT2D eigenvalue weighted by Crippen LogP contribution is 2.33. The molecule has 1 aliphatic rings. The highest BCUT2D eigenvalue weighted by Gasteiger charge is 2.22. The minimum absolute atomic E-state index is 0.233. The van der Waals surface area contributed by atoms with E-state index in [1.807, 2.05) is 0 Å². The van der Waals surface area contributed by atoms with Crippen LogP contribution in [0.25, 0.3) is 0 Å². The molecule has 0 atom stereocenters. The second-order valence-electron chi connectivity index (χ2n) is 5.38. The van der Waals surface area contributed by atoms with Gasteiger partial charge in [0.25, 0.3) is 0 Å². The van der Waals surface area contributed by atoms with E-state index in [0.717, 1.165) is 24.3 Å². The van der Waals surface area contributed by atoms with Gasteiger partial charge >= 0.3 is 0 Å². The van der Waals surface area contributed by atoms with E-state index in [1.165, 1.54) is 18.9 Å². The van der Waals surface area contributed by atoms with Crippen molar-refractivity contribution in [2.75, 3.05) is 6.54 Å². The van der Waals surface area contributed by atoms with Gasteiger partial charge in [0.2, 0.25) is 10.0 Å². The Kier molecular flexibility index (Phi) is 5.07. The summed E-state index contributed by atoms with van der Waals surface area (Å²) in [6.45, 7) is 2.51. The lowest BCUT2D eigenvalue weighted by atomic mass is 10.1. The number of nitrogens with two attached hydrogens (primary N) is 1. The lowest BCUT2D eigenvalue weighted by molar-refractivity contribution is 0.572. The predicted octanol–water partition coefficient (Wildman–Crippen LogP) is 2.58. The molecule has 112 valence electrons. The summed E-state index contributed by atoms with van der Waals surface area (Å²) in [5, 5.41) is 0.398. The van der Waals surface area contributed by atoms with Crippen molar-refractivity contribution in [3.63, 3.8) is 0 Å². The van der Waals surface area contributed by atoms with E-state index in [4.69, 9.17) is 17.3 Å². The first kappa shape index (κ1) is 15.8. The fourth-order valence-corrected chi connectivity index (χ4v) is 3.97. The minimum Gasteiger partial charge on any atom is -0.326 e. The minimum atomic E-state index is -3.51. The van der Waals surface area contributed by atoms with Crippen molar-refractivity contribution < 1.29 is 8.42 Å². The number of nitrogens with one attached hydrogen (secondary N) is 1. The largest absolute Gasteiger partial charge is 0.326 e. The molecule has 1 saturated carbocycles. The third-order valence-electron chi connectivity index (χ3n) is 3.72. The Labute approximate surface area is 125 Å². The van der Waals surface area contributed by atoms with Crippen molar-refractivity contribution in [3.8, 4) is 0 Å². The number of hydrogen-bond donors (Lipinski definition) is 2. The van der Waals surface area contributed by atoms with Crippen LogP contribution in [0.4, 0.5) is 0 Å². The molecule has 0 bridgehead atoms. The predicted molar refractivity (Wildman–Crippen MR) is 81.2 cm³/mol. The molecule has 0 unspecified atom stereocenters. The average molecular weight is 317 g/mol. The number of halogens is 1. The molecular formula is C14H21ClN2O2S. The standard InChI is InChI=1S/C14H21ClN2O2S/c1-10-12(9-16)7-13(15)8-14(10)20(18,19)17-6-2-3-11-4-5-11/h7-8,11,17H,2-6,9,16H2,1H3. The first-order valence-corrected chi connectivity index (χ1v) is 8.79. The van der Waals surface area contributed by atoms with Gasteiger partial charge in [0.15, 0.2) is 0 Å². The molecule has 0 saturated heterocycles. The molecule has 0 spiro atoms. The van der Waals surface area contributed by atoms with Crippen LogP contribution in [0.3, 0.4) is 0 Å². The maximum absolute atomic E-state index is 12.3. The number of sulfonamides is 1. The lowest BCUT2D eigenvalue weighted by Crippen LogP contribution is -2.26. The highest BCUT2D eigenvalue weighted by atomic mass is 35.5. The molecule has 6 heteroatoms. The summed E-state index contributed by atoms with van der Waals surface area (Å²) in [4.78, 5) is 0.233. The summed E-state index contributed by atoms with van der Waals surface area (Å²) in [5.74, 6) is 0.816. The van der Waals surface area contributed by atoms with E-state index in [-0.39, 0.29) is 11.4 Å². The van der Waals surface area contributed by atoms with E-state index in [2.05, 4.69) is 4.72 Å². The van der Waals surface area contributed by atoms with Crippen LogP contribution in [0.5, 0.6) is 0 Å². The smallest absolute Gasteiger partial charge is 0.240 e. The fourth-order valence-electron chi connectivity index (χ4n) is 2.28. The third-order valence-corrected chi connectivity index (χ3v) is 5.53. The zero-order chi connectivity index (χ0) is 14.8. The molecular weight excluding hydrogens is 296 g/mol. The van der Waals surface area contributed by atoms with Crippen LogP contribution in [-0.4, -0.2) is 15.0 Å². The van der Waals surface area contributed by atoms with Crippen molar-refractivity contribution in [2.24, 2.45) is 11.7 Å². The Morgan fingerprint density at radius 1 is 1.40 bits per heavy atom. The molecule has 1 aliphatic carbocycles. The van der Waals surface area contributed by atoms with Gasteiger partial charge in [0.05, 0.1) is 4.90 Å². The average Bonchev–Trinajstić information content (AvgIpc) is 3.21. The van der Waals surface area contributed by atoms with E-state index < -0.39 is 10.0 Å². The van der Waals surface area contributed by atoms with Gasteiger partial charge in [0.1, 0.15) is 0 Å². The van der Waals surface area contributed by atoms with Gasteiger partial charge in [-0.15, -0.1) is 0 Å². The Bertz CT molecular complexity index is 583. The van der Waals surface area contributed by atoms with Gasteiger partial charge in [-0.2, -0.15) is 0 Å². The first-order valence-electron chi connectivity index (χ1n) is 6.93. The summed E-state index contributed by atoms with van der Waals surface area (Å²) in [7, 11) is -3.51. The monoisotopic (exact) mass is 316 g/mol. The van der Waals surface area contributed by atoms with Crippen molar-refractivity contribution in [2.45, 2.75) is 44.0 Å². The Hall–Kier alpha value is -0.620. The molecule has 20 heavy (non-hydrogen) atoms. The molecule has 0 aromatic heterocycles. The lowest BCUT2D eigenvalue weighted by Gasteiger charge is -2.13. The molecule has 0 heterocycles. The zero-order valence-corrected chi connectivity index (χ0v) is 13.2. The molecule has 3 N–H and O–H groups in total. The summed E-state index contributed by atoms with van der Waals surface area (Å²) in [5.41, 5.74) is 7.05. The van der Waals surface area contributed by atoms with Gasteiger partial charge in [-0.05, 0) is 48.9 Å². The van der Waals surface area contributed by atoms with Crippen molar-refractivity contribution in [3.05, 3.63) is 28.3 Å². The van der Waals surface area contributed by atoms with Crippen LogP contribution in [0, 0.1) is 12.8 Å².